The Bertz CT molecular complexity index is 1110. The van der Waals surface area contributed by atoms with Crippen molar-refractivity contribution in [2.75, 3.05) is 16.2 Å². The molecule has 2 N–H and O–H groups in total. The first-order chi connectivity index (χ1) is 13.4. The molecule has 0 atom stereocenters. The van der Waals surface area contributed by atoms with Gasteiger partial charge in [-0.3, -0.25) is 14.6 Å². The number of rotatable bonds is 4. The van der Waals surface area contributed by atoms with Crippen LogP contribution >= 0.6 is 11.3 Å². The highest BCUT2D eigenvalue weighted by Gasteiger charge is 2.26. The predicted molar refractivity (Wildman–Crippen MR) is 110 cm³/mol. The molecule has 146 valence electrons. The van der Waals surface area contributed by atoms with Gasteiger partial charge in [-0.15, -0.1) is 11.3 Å². The lowest BCUT2D eigenvalue weighted by atomic mass is 10.0. The van der Waals surface area contributed by atoms with Crippen molar-refractivity contribution in [3.63, 3.8) is 0 Å². The third kappa shape index (κ3) is 3.31. The molecule has 0 saturated heterocycles. The van der Waals surface area contributed by atoms with Crippen LogP contribution in [0.25, 0.3) is 0 Å². The van der Waals surface area contributed by atoms with Gasteiger partial charge in [-0.1, -0.05) is 6.07 Å². The predicted octanol–water partition coefficient (Wildman–Crippen LogP) is 3.48. The molecule has 7 nitrogen and oxygen atoms in total. The molecule has 0 bridgehead atoms. The number of aryl methyl sites for hydroxylation is 3. The van der Waals surface area contributed by atoms with E-state index >= 15 is 0 Å². The number of nitrogens with zero attached hydrogens (tertiary/aromatic N) is 2. The normalized spacial score (nSPS) is 14.0. The van der Waals surface area contributed by atoms with Crippen LogP contribution in [0.1, 0.15) is 33.0 Å². The summed E-state index contributed by atoms with van der Waals surface area (Å²) < 4.78 is 28.2. The van der Waals surface area contributed by atoms with Crippen LogP contribution in [0.5, 0.6) is 0 Å². The lowest BCUT2D eigenvalue weighted by Crippen LogP contribution is -2.35. The standard InChI is InChI=1S/C19H20N4O3S2/c1-12-18(13(2)21-20-12)28(25,26)22-15-7-8-16-14(11-15)5-3-9-23(16)19(24)17-6-4-10-27-17/h4,6-8,10-11,22H,3,5,9H2,1-2H3,(H,20,21). The maximum Gasteiger partial charge on any atom is 0.268 e. The molecular weight excluding hydrogens is 396 g/mol. The highest BCUT2D eigenvalue weighted by molar-refractivity contribution is 7.92. The summed E-state index contributed by atoms with van der Waals surface area (Å²) in [5.41, 5.74) is 3.19. The van der Waals surface area contributed by atoms with Crippen LogP contribution in [0.15, 0.2) is 40.6 Å². The molecule has 1 aliphatic rings. The molecule has 0 spiro atoms. The van der Waals surface area contributed by atoms with Crippen molar-refractivity contribution in [3.8, 4) is 0 Å². The zero-order valence-corrected chi connectivity index (χ0v) is 17.2. The molecule has 4 rings (SSSR count). The fraction of sp³-hybridized carbons (Fsp3) is 0.263. The van der Waals surface area contributed by atoms with Crippen molar-refractivity contribution in [1.29, 1.82) is 0 Å². The number of hydrogen-bond acceptors (Lipinski definition) is 5. The smallest absolute Gasteiger partial charge is 0.268 e. The number of aromatic amines is 1. The van der Waals surface area contributed by atoms with Crippen molar-refractivity contribution in [1.82, 2.24) is 10.2 Å². The Labute approximate surface area is 167 Å². The SMILES string of the molecule is Cc1n[nH]c(C)c1S(=O)(=O)Nc1ccc2c(c1)CCCN2C(=O)c1cccs1. The van der Waals surface area contributed by atoms with Crippen LogP contribution in [-0.4, -0.2) is 31.1 Å². The fourth-order valence-corrected chi connectivity index (χ4v) is 5.64. The number of carbonyl (C=O) groups excluding carboxylic acids is 1. The molecule has 3 aromatic rings. The molecule has 1 aromatic carbocycles. The molecular formula is C19H20N4O3S2. The van der Waals surface area contributed by atoms with Gasteiger partial charge in [0.05, 0.1) is 16.3 Å². The third-order valence-electron chi connectivity index (χ3n) is 4.76. The molecule has 3 heterocycles. The molecule has 2 aromatic heterocycles. The molecule has 0 aliphatic carbocycles. The average molecular weight is 417 g/mol. The third-order valence-corrected chi connectivity index (χ3v) is 7.26. The van der Waals surface area contributed by atoms with E-state index in [4.69, 9.17) is 0 Å². The van der Waals surface area contributed by atoms with E-state index in [-0.39, 0.29) is 10.8 Å². The topological polar surface area (TPSA) is 95.2 Å². The maximum absolute atomic E-state index is 12.8. The number of sulfonamides is 1. The monoisotopic (exact) mass is 416 g/mol. The quantitative estimate of drug-likeness (QED) is 0.681. The second-order valence-electron chi connectivity index (χ2n) is 6.75. The summed E-state index contributed by atoms with van der Waals surface area (Å²) in [6.07, 6.45) is 1.63. The number of fused-ring (bicyclic) bond motifs is 1. The molecule has 0 saturated carbocycles. The summed E-state index contributed by atoms with van der Waals surface area (Å²) in [6, 6.07) is 9.00. The first-order valence-corrected chi connectivity index (χ1v) is 11.3. The number of thiophene rings is 1. The van der Waals surface area contributed by atoms with Crippen molar-refractivity contribution in [2.45, 2.75) is 31.6 Å². The average Bonchev–Trinajstić information content (AvgIpc) is 3.30. The molecule has 0 radical (unpaired) electrons. The van der Waals surface area contributed by atoms with Gasteiger partial charge in [-0.2, -0.15) is 5.10 Å². The summed E-state index contributed by atoms with van der Waals surface area (Å²) in [7, 11) is -3.75. The maximum atomic E-state index is 12.8. The fourth-order valence-electron chi connectivity index (χ4n) is 3.55. The van der Waals surface area contributed by atoms with E-state index in [1.807, 2.05) is 29.6 Å². The Kier molecular flexibility index (Phi) is 4.72. The van der Waals surface area contributed by atoms with Gasteiger partial charge in [0.25, 0.3) is 15.9 Å². The lowest BCUT2D eigenvalue weighted by Gasteiger charge is -2.29. The number of hydrogen-bond donors (Lipinski definition) is 2. The van der Waals surface area contributed by atoms with Crippen molar-refractivity contribution in [2.24, 2.45) is 0 Å². The lowest BCUT2D eigenvalue weighted by molar-refractivity contribution is 0.0989. The largest absolute Gasteiger partial charge is 0.307 e. The second-order valence-corrected chi connectivity index (χ2v) is 9.32. The number of nitrogens with one attached hydrogen (secondary N) is 2. The summed E-state index contributed by atoms with van der Waals surface area (Å²) in [4.78, 5) is 15.4. The summed E-state index contributed by atoms with van der Waals surface area (Å²) in [5, 5.41) is 8.54. The van der Waals surface area contributed by atoms with Crippen LogP contribution in [0.2, 0.25) is 0 Å². The highest BCUT2D eigenvalue weighted by Crippen LogP contribution is 2.32. The molecule has 1 aliphatic heterocycles. The number of amides is 1. The Hall–Kier alpha value is -2.65. The van der Waals surface area contributed by atoms with E-state index in [1.54, 1.807) is 24.8 Å². The Morgan fingerprint density at radius 2 is 2.11 bits per heavy atom. The Balaban J connectivity index is 1.63. The van der Waals surface area contributed by atoms with Gasteiger partial charge in [-0.25, -0.2) is 8.42 Å². The Morgan fingerprint density at radius 3 is 2.79 bits per heavy atom. The van der Waals surface area contributed by atoms with E-state index in [9.17, 15) is 13.2 Å². The van der Waals surface area contributed by atoms with Crippen LogP contribution in [0.4, 0.5) is 11.4 Å². The number of carbonyl (C=O) groups is 1. The van der Waals surface area contributed by atoms with Crippen molar-refractivity contribution < 1.29 is 13.2 Å². The number of benzene rings is 1. The van der Waals surface area contributed by atoms with Gasteiger partial charge in [0.1, 0.15) is 4.90 Å². The summed E-state index contributed by atoms with van der Waals surface area (Å²) in [6.45, 7) is 3.98. The minimum atomic E-state index is -3.75. The van der Waals surface area contributed by atoms with E-state index in [1.165, 1.54) is 11.3 Å². The number of anilines is 2. The van der Waals surface area contributed by atoms with Crippen molar-refractivity contribution in [3.05, 3.63) is 57.5 Å². The van der Waals surface area contributed by atoms with Crippen LogP contribution < -0.4 is 9.62 Å². The minimum absolute atomic E-state index is 0.0195. The number of aromatic nitrogens is 2. The van der Waals surface area contributed by atoms with E-state index < -0.39 is 10.0 Å². The molecule has 1 amide bonds. The van der Waals surface area contributed by atoms with E-state index in [0.717, 1.165) is 24.1 Å². The zero-order chi connectivity index (χ0) is 19.9. The first kappa shape index (κ1) is 18.7. The minimum Gasteiger partial charge on any atom is -0.307 e. The Morgan fingerprint density at radius 1 is 1.29 bits per heavy atom. The summed E-state index contributed by atoms with van der Waals surface area (Å²) >= 11 is 1.42. The summed E-state index contributed by atoms with van der Waals surface area (Å²) in [5.74, 6) is -0.0195. The molecule has 9 heteroatoms. The highest BCUT2D eigenvalue weighted by atomic mass is 32.2. The van der Waals surface area contributed by atoms with Crippen LogP contribution in [0.3, 0.4) is 0 Å². The van der Waals surface area contributed by atoms with Crippen LogP contribution in [-0.2, 0) is 16.4 Å². The molecule has 28 heavy (non-hydrogen) atoms. The van der Waals surface area contributed by atoms with Crippen LogP contribution in [0, 0.1) is 13.8 Å². The van der Waals surface area contributed by atoms with Gasteiger partial charge in [-0.05, 0) is 61.9 Å². The molecule has 0 fully saturated rings. The zero-order valence-electron chi connectivity index (χ0n) is 15.5. The molecule has 0 unspecified atom stereocenters. The number of H-pyrrole nitrogens is 1. The van der Waals surface area contributed by atoms with E-state index in [2.05, 4.69) is 14.9 Å². The van der Waals surface area contributed by atoms with Gasteiger partial charge >= 0.3 is 0 Å². The van der Waals surface area contributed by atoms with Gasteiger partial charge < -0.3 is 4.90 Å². The van der Waals surface area contributed by atoms with Gasteiger partial charge in [0, 0.05) is 17.9 Å². The van der Waals surface area contributed by atoms with Crippen molar-refractivity contribution >= 4 is 38.6 Å². The van der Waals surface area contributed by atoms with E-state index in [0.29, 0.717) is 28.5 Å². The first-order valence-electron chi connectivity index (χ1n) is 8.89. The van der Waals surface area contributed by atoms with Gasteiger partial charge in [0.2, 0.25) is 0 Å². The second kappa shape index (κ2) is 7.06. The van der Waals surface area contributed by atoms with Gasteiger partial charge in [0.15, 0.2) is 0 Å².